The Balaban J connectivity index is 1.89. The molecular weight excluding hydrogens is 216 g/mol. The average molecular weight is 230 g/mol. The van der Waals surface area contributed by atoms with E-state index in [0.717, 1.165) is 13.1 Å². The van der Waals surface area contributed by atoms with Crippen LogP contribution in [-0.2, 0) is 6.54 Å². The van der Waals surface area contributed by atoms with E-state index in [1.165, 1.54) is 12.0 Å². The van der Waals surface area contributed by atoms with Crippen molar-refractivity contribution in [3.63, 3.8) is 0 Å². The van der Waals surface area contributed by atoms with Crippen molar-refractivity contribution in [1.29, 1.82) is 0 Å². The maximum Gasteiger partial charge on any atom is 0.290 e. The number of hydrogen-bond donors (Lipinski definition) is 0. The van der Waals surface area contributed by atoms with Crippen LogP contribution in [0.1, 0.15) is 29.2 Å². The van der Waals surface area contributed by atoms with Crippen molar-refractivity contribution in [2.45, 2.75) is 19.5 Å². The molecule has 1 aliphatic heterocycles. The lowest BCUT2D eigenvalue weighted by atomic mass is 10.1. The third-order valence-corrected chi connectivity index (χ3v) is 3.33. The van der Waals surface area contributed by atoms with Gasteiger partial charge in [-0.25, -0.2) is 0 Å². The van der Waals surface area contributed by atoms with Crippen molar-refractivity contribution in [1.82, 2.24) is 9.47 Å². The Hall–Kier alpha value is -1.97. The molecule has 3 heterocycles. The zero-order chi connectivity index (χ0) is 11.8. The first-order valence-corrected chi connectivity index (χ1v) is 5.77. The van der Waals surface area contributed by atoms with Crippen LogP contribution in [0.25, 0.3) is 0 Å². The summed E-state index contributed by atoms with van der Waals surface area (Å²) < 4.78 is 7.36. The van der Waals surface area contributed by atoms with Gasteiger partial charge in [0.05, 0.1) is 12.3 Å². The number of furan rings is 1. The fourth-order valence-electron chi connectivity index (χ4n) is 2.40. The Bertz CT molecular complexity index is 527. The van der Waals surface area contributed by atoms with Crippen LogP contribution in [0.3, 0.4) is 0 Å². The van der Waals surface area contributed by atoms with E-state index < -0.39 is 0 Å². The SMILES string of the molecule is CC1c2cccn2CCN1C(=O)c1ccco1. The molecule has 0 aromatic carbocycles. The molecule has 0 saturated carbocycles. The van der Waals surface area contributed by atoms with Crippen molar-refractivity contribution in [2.24, 2.45) is 0 Å². The molecule has 0 radical (unpaired) electrons. The highest BCUT2D eigenvalue weighted by Crippen LogP contribution is 2.26. The maximum atomic E-state index is 12.2. The van der Waals surface area contributed by atoms with Crippen LogP contribution < -0.4 is 0 Å². The number of carbonyl (C=O) groups is 1. The molecule has 1 amide bonds. The molecule has 0 bridgehead atoms. The molecule has 2 aromatic heterocycles. The molecule has 0 aliphatic carbocycles. The number of carbonyl (C=O) groups excluding carboxylic acids is 1. The summed E-state index contributed by atoms with van der Waals surface area (Å²) in [4.78, 5) is 14.1. The second-order valence-corrected chi connectivity index (χ2v) is 4.28. The minimum Gasteiger partial charge on any atom is -0.459 e. The minimum absolute atomic E-state index is 0.0325. The Morgan fingerprint density at radius 2 is 2.24 bits per heavy atom. The third-order valence-electron chi connectivity index (χ3n) is 3.33. The average Bonchev–Trinajstić information content (AvgIpc) is 3.00. The molecule has 0 spiro atoms. The maximum absolute atomic E-state index is 12.2. The number of nitrogens with zero attached hydrogens (tertiary/aromatic N) is 2. The largest absolute Gasteiger partial charge is 0.459 e. The monoisotopic (exact) mass is 230 g/mol. The first-order valence-electron chi connectivity index (χ1n) is 5.77. The second kappa shape index (κ2) is 3.80. The Kier molecular flexibility index (Phi) is 2.28. The van der Waals surface area contributed by atoms with Gasteiger partial charge in [-0.15, -0.1) is 0 Å². The summed E-state index contributed by atoms with van der Waals surface area (Å²) in [6.45, 7) is 3.62. The number of rotatable bonds is 1. The third kappa shape index (κ3) is 1.56. The zero-order valence-corrected chi connectivity index (χ0v) is 9.67. The predicted octanol–water partition coefficient (Wildman–Crippen LogP) is 2.30. The summed E-state index contributed by atoms with van der Waals surface area (Å²) in [5.74, 6) is 0.381. The normalized spacial score (nSPS) is 19.1. The van der Waals surface area contributed by atoms with Crippen LogP contribution in [-0.4, -0.2) is 21.9 Å². The predicted molar refractivity (Wildman–Crippen MR) is 62.6 cm³/mol. The van der Waals surface area contributed by atoms with E-state index >= 15 is 0 Å². The molecule has 88 valence electrons. The number of fused-ring (bicyclic) bond motifs is 1. The smallest absolute Gasteiger partial charge is 0.290 e. The quantitative estimate of drug-likeness (QED) is 0.754. The second-order valence-electron chi connectivity index (χ2n) is 4.28. The van der Waals surface area contributed by atoms with E-state index in [9.17, 15) is 4.79 Å². The van der Waals surface area contributed by atoms with Crippen molar-refractivity contribution in [3.8, 4) is 0 Å². The van der Waals surface area contributed by atoms with Gasteiger partial charge in [-0.1, -0.05) is 0 Å². The summed E-state index contributed by atoms with van der Waals surface area (Å²) >= 11 is 0. The Morgan fingerprint density at radius 3 is 3.00 bits per heavy atom. The summed E-state index contributed by atoms with van der Waals surface area (Å²) in [5.41, 5.74) is 1.18. The van der Waals surface area contributed by atoms with E-state index in [1.54, 1.807) is 12.1 Å². The fraction of sp³-hybridized carbons (Fsp3) is 0.308. The van der Waals surface area contributed by atoms with E-state index in [4.69, 9.17) is 4.42 Å². The van der Waals surface area contributed by atoms with Gasteiger partial charge in [-0.05, 0) is 31.2 Å². The molecule has 3 rings (SSSR count). The number of aromatic nitrogens is 1. The Morgan fingerprint density at radius 1 is 1.35 bits per heavy atom. The van der Waals surface area contributed by atoms with Crippen molar-refractivity contribution >= 4 is 5.91 Å². The van der Waals surface area contributed by atoms with Gasteiger partial charge in [0.25, 0.3) is 5.91 Å². The molecule has 1 atom stereocenters. The van der Waals surface area contributed by atoms with Crippen LogP contribution >= 0.6 is 0 Å². The lowest BCUT2D eigenvalue weighted by molar-refractivity contribution is 0.0611. The number of amides is 1. The van der Waals surface area contributed by atoms with E-state index in [0.29, 0.717) is 5.76 Å². The fourth-order valence-corrected chi connectivity index (χ4v) is 2.40. The van der Waals surface area contributed by atoms with Gasteiger partial charge < -0.3 is 13.9 Å². The van der Waals surface area contributed by atoms with Gasteiger partial charge in [0.15, 0.2) is 5.76 Å². The van der Waals surface area contributed by atoms with Crippen molar-refractivity contribution in [3.05, 3.63) is 48.2 Å². The zero-order valence-electron chi connectivity index (χ0n) is 9.67. The highest BCUT2D eigenvalue weighted by Gasteiger charge is 2.29. The van der Waals surface area contributed by atoms with Gasteiger partial charge in [-0.2, -0.15) is 0 Å². The highest BCUT2D eigenvalue weighted by molar-refractivity contribution is 5.91. The van der Waals surface area contributed by atoms with Crippen LogP contribution in [0, 0.1) is 0 Å². The van der Waals surface area contributed by atoms with Crippen LogP contribution in [0.2, 0.25) is 0 Å². The molecular formula is C13H14N2O2. The van der Waals surface area contributed by atoms with E-state index in [2.05, 4.69) is 16.8 Å². The van der Waals surface area contributed by atoms with Gasteiger partial charge >= 0.3 is 0 Å². The molecule has 1 aliphatic rings. The molecule has 0 saturated heterocycles. The summed E-state index contributed by atoms with van der Waals surface area (Å²) in [5, 5.41) is 0. The minimum atomic E-state index is -0.0325. The number of hydrogen-bond acceptors (Lipinski definition) is 2. The Labute approximate surface area is 99.4 Å². The highest BCUT2D eigenvalue weighted by atomic mass is 16.3. The lowest BCUT2D eigenvalue weighted by Gasteiger charge is -2.34. The molecule has 4 nitrogen and oxygen atoms in total. The topological polar surface area (TPSA) is 38.4 Å². The lowest BCUT2D eigenvalue weighted by Crippen LogP contribution is -2.40. The van der Waals surface area contributed by atoms with Gasteiger partial charge in [0.1, 0.15) is 0 Å². The van der Waals surface area contributed by atoms with Crippen LogP contribution in [0.5, 0.6) is 0 Å². The standard InChI is InChI=1S/C13H14N2O2/c1-10-11-4-2-6-14(11)7-8-15(10)13(16)12-5-3-9-17-12/h2-6,9-10H,7-8H2,1H3. The first-order chi connectivity index (χ1) is 8.27. The van der Waals surface area contributed by atoms with Gasteiger partial charge in [-0.3, -0.25) is 4.79 Å². The van der Waals surface area contributed by atoms with Gasteiger partial charge in [0.2, 0.25) is 0 Å². The molecule has 4 heteroatoms. The molecule has 17 heavy (non-hydrogen) atoms. The molecule has 2 aromatic rings. The van der Waals surface area contributed by atoms with Crippen molar-refractivity contribution < 1.29 is 9.21 Å². The van der Waals surface area contributed by atoms with Crippen LogP contribution in [0.4, 0.5) is 0 Å². The summed E-state index contributed by atoms with van der Waals surface area (Å²) in [6.07, 6.45) is 3.59. The first kappa shape index (κ1) is 10.2. The summed E-state index contributed by atoms with van der Waals surface area (Å²) in [6, 6.07) is 7.63. The van der Waals surface area contributed by atoms with Gasteiger partial charge in [0, 0.05) is 25.0 Å². The summed E-state index contributed by atoms with van der Waals surface area (Å²) in [7, 11) is 0. The van der Waals surface area contributed by atoms with E-state index in [-0.39, 0.29) is 11.9 Å². The molecule has 0 fully saturated rings. The van der Waals surface area contributed by atoms with Crippen LogP contribution in [0.15, 0.2) is 41.1 Å². The van der Waals surface area contributed by atoms with Crippen molar-refractivity contribution in [2.75, 3.05) is 6.54 Å². The van der Waals surface area contributed by atoms with E-state index in [1.807, 2.05) is 17.9 Å². The molecule has 1 unspecified atom stereocenters. The molecule has 0 N–H and O–H groups in total.